The maximum absolute atomic E-state index is 3.93. The third kappa shape index (κ3) is 3.62. The van der Waals surface area contributed by atoms with E-state index in [-0.39, 0.29) is 0 Å². The first kappa shape index (κ1) is 12.2. The van der Waals surface area contributed by atoms with Gasteiger partial charge in [0, 0.05) is 12.1 Å². The van der Waals surface area contributed by atoms with Gasteiger partial charge in [0.15, 0.2) is 0 Å². The van der Waals surface area contributed by atoms with E-state index in [9.17, 15) is 0 Å². The van der Waals surface area contributed by atoms with Gasteiger partial charge in [-0.3, -0.25) is 0 Å². The Labute approximate surface area is 101 Å². The van der Waals surface area contributed by atoms with E-state index < -0.39 is 0 Å². The second-order valence-electron chi connectivity index (χ2n) is 5.93. The Balaban J connectivity index is 1.74. The molecule has 0 spiro atoms. The molecule has 0 aliphatic heterocycles. The van der Waals surface area contributed by atoms with Gasteiger partial charge in [0.25, 0.3) is 0 Å². The molecule has 0 radical (unpaired) electrons. The Morgan fingerprint density at radius 2 is 1.88 bits per heavy atom. The molecule has 0 aromatic heterocycles. The number of nitrogens with one attached hydrogen (secondary N) is 1. The Bertz CT molecular complexity index is 211. The predicted molar refractivity (Wildman–Crippen MR) is 70.5 cm³/mol. The summed E-state index contributed by atoms with van der Waals surface area (Å²) >= 11 is 0. The van der Waals surface area contributed by atoms with Crippen molar-refractivity contribution in [3.8, 4) is 0 Å². The molecule has 0 amide bonds. The molecule has 2 rings (SSSR count). The lowest BCUT2D eigenvalue weighted by molar-refractivity contribution is 0.271. The molecule has 2 aliphatic rings. The molecule has 1 nitrogen and oxygen atoms in total. The molecule has 1 unspecified atom stereocenters. The zero-order valence-electron chi connectivity index (χ0n) is 10.8. The minimum atomic E-state index is 0.788. The number of hydrogen-bond donors (Lipinski definition) is 1. The van der Waals surface area contributed by atoms with Crippen molar-refractivity contribution in [2.45, 2.75) is 70.4 Å². The summed E-state index contributed by atoms with van der Waals surface area (Å²) in [5.74, 6) is 1.95. The van der Waals surface area contributed by atoms with Gasteiger partial charge in [0.05, 0.1) is 0 Å². The lowest BCUT2D eigenvalue weighted by Gasteiger charge is -2.31. The molecule has 2 fully saturated rings. The monoisotopic (exact) mass is 221 g/mol. The van der Waals surface area contributed by atoms with E-state index in [1.807, 2.05) is 0 Å². The van der Waals surface area contributed by atoms with Gasteiger partial charge in [0.1, 0.15) is 0 Å². The second kappa shape index (κ2) is 5.86. The number of allylic oxidation sites excluding steroid dienone is 1. The van der Waals surface area contributed by atoms with Crippen LogP contribution in [0.25, 0.3) is 0 Å². The Kier molecular flexibility index (Phi) is 4.45. The summed E-state index contributed by atoms with van der Waals surface area (Å²) in [5, 5.41) is 3.93. The fourth-order valence-corrected chi connectivity index (χ4v) is 2.98. The quantitative estimate of drug-likeness (QED) is 0.671. The summed E-state index contributed by atoms with van der Waals surface area (Å²) in [6.45, 7) is 6.24. The third-order valence-corrected chi connectivity index (χ3v) is 4.34. The molecule has 2 saturated carbocycles. The molecule has 2 aliphatic carbocycles. The molecule has 1 heteroatoms. The van der Waals surface area contributed by atoms with Crippen LogP contribution in [-0.2, 0) is 0 Å². The third-order valence-electron chi connectivity index (χ3n) is 4.34. The van der Waals surface area contributed by atoms with Crippen LogP contribution in [-0.4, -0.2) is 12.1 Å². The maximum Gasteiger partial charge on any atom is 0.0101 e. The van der Waals surface area contributed by atoms with Crippen molar-refractivity contribution in [3.05, 3.63) is 12.7 Å². The standard InChI is InChI=1S/C15H27N/c1-3-4-5-15(13-8-9-13)16-14-10-6-12(2)7-11-14/h3,12-16H,1,4-11H2,2H3. The molecule has 0 heterocycles. The first-order valence-electron chi connectivity index (χ1n) is 7.16. The van der Waals surface area contributed by atoms with Crippen molar-refractivity contribution >= 4 is 0 Å². The Hall–Kier alpha value is -0.300. The van der Waals surface area contributed by atoms with E-state index in [4.69, 9.17) is 0 Å². The highest BCUT2D eigenvalue weighted by molar-refractivity contribution is 4.90. The second-order valence-corrected chi connectivity index (χ2v) is 5.93. The van der Waals surface area contributed by atoms with Gasteiger partial charge in [-0.25, -0.2) is 0 Å². The van der Waals surface area contributed by atoms with Crippen molar-refractivity contribution in [1.29, 1.82) is 0 Å². The van der Waals surface area contributed by atoms with Crippen molar-refractivity contribution in [1.82, 2.24) is 5.32 Å². The molecule has 0 saturated heterocycles. The summed E-state index contributed by atoms with van der Waals surface area (Å²) in [4.78, 5) is 0. The van der Waals surface area contributed by atoms with Crippen molar-refractivity contribution in [2.75, 3.05) is 0 Å². The SMILES string of the molecule is C=CCCC(NC1CCC(C)CC1)C1CC1. The van der Waals surface area contributed by atoms with Crippen LogP contribution in [0, 0.1) is 11.8 Å². The summed E-state index contributed by atoms with van der Waals surface area (Å²) in [7, 11) is 0. The normalized spacial score (nSPS) is 32.3. The molecule has 1 atom stereocenters. The summed E-state index contributed by atoms with van der Waals surface area (Å²) in [6, 6.07) is 1.60. The summed E-state index contributed by atoms with van der Waals surface area (Å²) < 4.78 is 0. The van der Waals surface area contributed by atoms with Gasteiger partial charge < -0.3 is 5.32 Å². The van der Waals surface area contributed by atoms with E-state index >= 15 is 0 Å². The molecule has 0 bridgehead atoms. The highest BCUT2D eigenvalue weighted by atomic mass is 15.0. The predicted octanol–water partition coefficient (Wildman–Crippen LogP) is 3.90. The van der Waals surface area contributed by atoms with Crippen molar-refractivity contribution < 1.29 is 0 Å². The number of rotatable bonds is 6. The topological polar surface area (TPSA) is 12.0 Å². The molecular formula is C15H27N. The Morgan fingerprint density at radius 1 is 1.19 bits per heavy atom. The van der Waals surface area contributed by atoms with Crippen molar-refractivity contribution in [2.24, 2.45) is 11.8 Å². The highest BCUT2D eigenvalue weighted by Crippen LogP contribution is 2.35. The lowest BCUT2D eigenvalue weighted by Crippen LogP contribution is -2.41. The van der Waals surface area contributed by atoms with Crippen molar-refractivity contribution in [3.63, 3.8) is 0 Å². The minimum absolute atomic E-state index is 0.788. The van der Waals surface area contributed by atoms with Crippen LogP contribution in [0.15, 0.2) is 12.7 Å². The summed E-state index contributed by atoms with van der Waals surface area (Å²) in [5.41, 5.74) is 0. The van der Waals surface area contributed by atoms with Gasteiger partial charge >= 0.3 is 0 Å². The average molecular weight is 221 g/mol. The highest BCUT2D eigenvalue weighted by Gasteiger charge is 2.32. The van der Waals surface area contributed by atoms with Crippen LogP contribution in [0.3, 0.4) is 0 Å². The van der Waals surface area contributed by atoms with E-state index in [0.29, 0.717) is 0 Å². The Morgan fingerprint density at radius 3 is 2.44 bits per heavy atom. The van der Waals surface area contributed by atoms with E-state index in [0.717, 1.165) is 23.9 Å². The zero-order valence-corrected chi connectivity index (χ0v) is 10.8. The fourth-order valence-electron chi connectivity index (χ4n) is 2.98. The van der Waals surface area contributed by atoms with Crippen LogP contribution in [0.4, 0.5) is 0 Å². The molecular weight excluding hydrogens is 194 g/mol. The smallest absolute Gasteiger partial charge is 0.0101 e. The van der Waals surface area contributed by atoms with E-state index in [2.05, 4.69) is 24.9 Å². The van der Waals surface area contributed by atoms with Gasteiger partial charge in [-0.2, -0.15) is 0 Å². The molecule has 16 heavy (non-hydrogen) atoms. The van der Waals surface area contributed by atoms with E-state index in [1.54, 1.807) is 0 Å². The maximum atomic E-state index is 3.93. The molecule has 1 N–H and O–H groups in total. The van der Waals surface area contributed by atoms with Crippen LogP contribution < -0.4 is 5.32 Å². The van der Waals surface area contributed by atoms with Crippen LogP contribution >= 0.6 is 0 Å². The van der Waals surface area contributed by atoms with Gasteiger partial charge in [0.2, 0.25) is 0 Å². The fraction of sp³-hybridized carbons (Fsp3) is 0.867. The number of hydrogen-bond acceptors (Lipinski definition) is 1. The van der Waals surface area contributed by atoms with Gasteiger partial charge in [-0.1, -0.05) is 13.0 Å². The minimum Gasteiger partial charge on any atom is -0.311 e. The molecule has 0 aromatic carbocycles. The first-order chi connectivity index (χ1) is 7.79. The average Bonchev–Trinajstić information content (AvgIpc) is 3.11. The van der Waals surface area contributed by atoms with Crippen LogP contribution in [0.5, 0.6) is 0 Å². The molecule has 92 valence electrons. The summed E-state index contributed by atoms with van der Waals surface area (Å²) in [6.07, 6.45) is 13.1. The first-order valence-corrected chi connectivity index (χ1v) is 7.16. The van der Waals surface area contributed by atoms with Crippen LogP contribution in [0.2, 0.25) is 0 Å². The van der Waals surface area contributed by atoms with Gasteiger partial charge in [-0.15, -0.1) is 6.58 Å². The lowest BCUT2D eigenvalue weighted by atomic mass is 9.86. The van der Waals surface area contributed by atoms with Crippen LogP contribution in [0.1, 0.15) is 58.3 Å². The largest absolute Gasteiger partial charge is 0.311 e. The molecule has 0 aromatic rings. The van der Waals surface area contributed by atoms with E-state index in [1.165, 1.54) is 51.4 Å². The van der Waals surface area contributed by atoms with Gasteiger partial charge in [-0.05, 0) is 63.2 Å². The zero-order chi connectivity index (χ0) is 11.4.